The third kappa shape index (κ3) is 3.23. The normalized spacial score (nSPS) is 9.92. The molecule has 0 saturated heterocycles. The molecule has 1 aromatic rings. The Kier molecular flexibility index (Phi) is 3.56. The monoisotopic (exact) mass is 261 g/mol. The third-order valence-corrected chi connectivity index (χ3v) is 2.67. The summed E-state index contributed by atoms with van der Waals surface area (Å²) in [6.07, 6.45) is 1.62. The minimum atomic E-state index is -0.380. The maximum atomic E-state index is 10.5. The molecule has 0 radical (unpaired) electrons. The first-order chi connectivity index (χ1) is 6.09. The van der Waals surface area contributed by atoms with Crippen LogP contribution in [0.15, 0.2) is 21.8 Å². The molecule has 1 aromatic heterocycles. The average molecular weight is 262 g/mol. The van der Waals surface area contributed by atoms with E-state index in [1.54, 1.807) is 12.3 Å². The second-order valence-corrected chi connectivity index (χ2v) is 4.18. The van der Waals surface area contributed by atoms with Gasteiger partial charge in [0.15, 0.2) is 0 Å². The molecule has 1 amide bonds. The van der Waals surface area contributed by atoms with Gasteiger partial charge in [-0.1, -0.05) is 11.8 Å². The van der Waals surface area contributed by atoms with Crippen molar-refractivity contribution in [3.05, 3.63) is 16.7 Å². The van der Waals surface area contributed by atoms with Crippen LogP contribution in [-0.2, 0) is 4.79 Å². The van der Waals surface area contributed by atoms with Gasteiger partial charge in [0, 0.05) is 10.7 Å². The lowest BCUT2D eigenvalue weighted by Crippen LogP contribution is -2.13. The van der Waals surface area contributed by atoms with E-state index < -0.39 is 0 Å². The SMILES string of the molecule is NC(=O)CSc1ncc(Br)cc1N. The molecule has 6 heteroatoms. The first-order valence-electron chi connectivity index (χ1n) is 3.41. The van der Waals surface area contributed by atoms with Crippen LogP contribution in [0, 0.1) is 0 Å². The van der Waals surface area contributed by atoms with Gasteiger partial charge in [-0.3, -0.25) is 4.79 Å². The van der Waals surface area contributed by atoms with Crippen LogP contribution in [-0.4, -0.2) is 16.6 Å². The Labute approximate surface area is 88.2 Å². The van der Waals surface area contributed by atoms with Gasteiger partial charge in [0.05, 0.1) is 11.4 Å². The molecule has 70 valence electrons. The highest BCUT2D eigenvalue weighted by Crippen LogP contribution is 2.24. The molecule has 0 saturated carbocycles. The van der Waals surface area contributed by atoms with E-state index in [-0.39, 0.29) is 11.7 Å². The van der Waals surface area contributed by atoms with Gasteiger partial charge in [-0.25, -0.2) is 4.98 Å². The number of nitrogens with zero attached hydrogens (tertiary/aromatic N) is 1. The lowest BCUT2D eigenvalue weighted by atomic mass is 10.4. The topological polar surface area (TPSA) is 82.0 Å². The van der Waals surface area contributed by atoms with Crippen molar-refractivity contribution in [1.29, 1.82) is 0 Å². The molecular weight excluding hydrogens is 254 g/mol. The number of anilines is 1. The van der Waals surface area contributed by atoms with Gasteiger partial charge < -0.3 is 11.5 Å². The van der Waals surface area contributed by atoms with E-state index in [1.165, 1.54) is 11.8 Å². The van der Waals surface area contributed by atoms with Gasteiger partial charge in [-0.2, -0.15) is 0 Å². The van der Waals surface area contributed by atoms with Crippen molar-refractivity contribution in [2.45, 2.75) is 5.03 Å². The number of aromatic nitrogens is 1. The molecule has 0 spiro atoms. The van der Waals surface area contributed by atoms with E-state index in [4.69, 9.17) is 11.5 Å². The number of pyridine rings is 1. The van der Waals surface area contributed by atoms with Gasteiger partial charge >= 0.3 is 0 Å². The summed E-state index contributed by atoms with van der Waals surface area (Å²) in [5.74, 6) is -0.187. The first kappa shape index (κ1) is 10.3. The summed E-state index contributed by atoms with van der Waals surface area (Å²) in [7, 11) is 0. The number of primary amides is 1. The second kappa shape index (κ2) is 4.48. The zero-order chi connectivity index (χ0) is 9.84. The molecule has 0 unspecified atom stereocenters. The number of amides is 1. The average Bonchev–Trinajstić information content (AvgIpc) is 2.02. The van der Waals surface area contributed by atoms with Crippen molar-refractivity contribution in [3.8, 4) is 0 Å². The Morgan fingerprint density at radius 1 is 1.69 bits per heavy atom. The Morgan fingerprint density at radius 3 is 2.92 bits per heavy atom. The lowest BCUT2D eigenvalue weighted by molar-refractivity contribution is -0.115. The van der Waals surface area contributed by atoms with Crippen LogP contribution in [0.1, 0.15) is 0 Å². The standard InChI is InChI=1S/C7H8BrN3OS/c8-4-1-5(9)7(11-2-4)13-3-6(10)12/h1-2H,3,9H2,(H2,10,12). The number of carbonyl (C=O) groups is 1. The van der Waals surface area contributed by atoms with E-state index in [9.17, 15) is 4.79 Å². The fraction of sp³-hybridized carbons (Fsp3) is 0.143. The van der Waals surface area contributed by atoms with Crippen LogP contribution < -0.4 is 11.5 Å². The van der Waals surface area contributed by atoms with Crippen LogP contribution in [0.5, 0.6) is 0 Å². The van der Waals surface area contributed by atoms with Crippen LogP contribution in [0.25, 0.3) is 0 Å². The summed E-state index contributed by atoms with van der Waals surface area (Å²) in [6.45, 7) is 0. The molecule has 4 nitrogen and oxygen atoms in total. The van der Waals surface area contributed by atoms with Gasteiger partial charge in [0.25, 0.3) is 0 Å². The number of halogens is 1. The minimum absolute atomic E-state index is 0.193. The molecule has 1 rings (SSSR count). The van der Waals surface area contributed by atoms with Crippen LogP contribution in [0.4, 0.5) is 5.69 Å². The molecule has 13 heavy (non-hydrogen) atoms. The molecule has 4 N–H and O–H groups in total. The molecule has 0 aliphatic heterocycles. The summed E-state index contributed by atoms with van der Waals surface area (Å²) in [6, 6.07) is 1.73. The first-order valence-corrected chi connectivity index (χ1v) is 5.19. The molecule has 0 fully saturated rings. The van der Waals surface area contributed by atoms with Crippen molar-refractivity contribution in [3.63, 3.8) is 0 Å². The predicted octanol–water partition coefficient (Wildman–Crippen LogP) is 1.00. The van der Waals surface area contributed by atoms with Crippen molar-refractivity contribution in [2.75, 3.05) is 11.5 Å². The van der Waals surface area contributed by atoms with E-state index in [0.717, 1.165) is 4.47 Å². The number of rotatable bonds is 3. The van der Waals surface area contributed by atoms with Crippen LogP contribution >= 0.6 is 27.7 Å². The largest absolute Gasteiger partial charge is 0.397 e. The molecule has 0 atom stereocenters. The summed E-state index contributed by atoms with van der Waals surface area (Å²) in [5, 5.41) is 0.627. The quantitative estimate of drug-likeness (QED) is 0.796. The Bertz CT molecular complexity index is 332. The maximum Gasteiger partial charge on any atom is 0.227 e. The highest BCUT2D eigenvalue weighted by molar-refractivity contribution is 9.10. The molecule has 0 aliphatic carbocycles. The zero-order valence-electron chi connectivity index (χ0n) is 6.66. The fourth-order valence-corrected chi connectivity index (χ4v) is 1.68. The second-order valence-electron chi connectivity index (χ2n) is 2.30. The van der Waals surface area contributed by atoms with E-state index >= 15 is 0 Å². The van der Waals surface area contributed by atoms with Gasteiger partial charge in [-0.15, -0.1) is 0 Å². The van der Waals surface area contributed by atoms with E-state index in [2.05, 4.69) is 20.9 Å². The predicted molar refractivity (Wildman–Crippen MR) is 56.3 cm³/mol. The summed E-state index contributed by atoms with van der Waals surface area (Å²) >= 11 is 4.47. The Hall–Kier alpha value is -0.750. The Morgan fingerprint density at radius 2 is 2.38 bits per heavy atom. The van der Waals surface area contributed by atoms with Crippen molar-refractivity contribution < 1.29 is 4.79 Å². The van der Waals surface area contributed by atoms with Gasteiger partial charge in [0.1, 0.15) is 5.03 Å². The molecule has 0 bridgehead atoms. The third-order valence-electron chi connectivity index (χ3n) is 1.20. The minimum Gasteiger partial charge on any atom is -0.397 e. The van der Waals surface area contributed by atoms with Gasteiger partial charge in [-0.05, 0) is 22.0 Å². The summed E-state index contributed by atoms with van der Waals surface area (Å²) < 4.78 is 0.813. The smallest absolute Gasteiger partial charge is 0.227 e. The molecular formula is C7H8BrN3OS. The zero-order valence-corrected chi connectivity index (χ0v) is 9.06. The van der Waals surface area contributed by atoms with E-state index in [1.807, 2.05) is 0 Å². The number of carbonyl (C=O) groups excluding carboxylic acids is 1. The lowest BCUT2D eigenvalue weighted by Gasteiger charge is -2.02. The fourth-order valence-electron chi connectivity index (χ4n) is 0.702. The van der Waals surface area contributed by atoms with Crippen molar-refractivity contribution >= 4 is 39.3 Å². The van der Waals surface area contributed by atoms with Crippen LogP contribution in [0.3, 0.4) is 0 Å². The number of thioether (sulfide) groups is 1. The summed E-state index contributed by atoms with van der Waals surface area (Å²) in [5.41, 5.74) is 11.2. The van der Waals surface area contributed by atoms with Gasteiger partial charge in [0.2, 0.25) is 5.91 Å². The molecule has 0 aliphatic rings. The molecule has 1 heterocycles. The number of nitrogen functional groups attached to an aromatic ring is 1. The number of hydrogen-bond acceptors (Lipinski definition) is 4. The Balaban J connectivity index is 2.72. The maximum absolute atomic E-state index is 10.5. The van der Waals surface area contributed by atoms with E-state index in [0.29, 0.717) is 10.7 Å². The number of hydrogen-bond donors (Lipinski definition) is 2. The highest BCUT2D eigenvalue weighted by Gasteiger charge is 2.03. The van der Waals surface area contributed by atoms with Crippen molar-refractivity contribution in [2.24, 2.45) is 5.73 Å². The van der Waals surface area contributed by atoms with Crippen LogP contribution in [0.2, 0.25) is 0 Å². The highest BCUT2D eigenvalue weighted by atomic mass is 79.9. The summed E-state index contributed by atoms with van der Waals surface area (Å²) in [4.78, 5) is 14.5. The van der Waals surface area contributed by atoms with Crippen molar-refractivity contribution in [1.82, 2.24) is 4.98 Å². The number of nitrogens with two attached hydrogens (primary N) is 2. The molecule has 0 aromatic carbocycles.